The molecule has 0 aliphatic carbocycles. The summed E-state index contributed by atoms with van der Waals surface area (Å²) in [6.07, 6.45) is 1.72. The van der Waals surface area contributed by atoms with Gasteiger partial charge in [-0.15, -0.1) is 0 Å². The number of carbonyl (C=O) groups excluding carboxylic acids is 1. The van der Waals surface area contributed by atoms with Gasteiger partial charge in [-0.25, -0.2) is 4.79 Å². The van der Waals surface area contributed by atoms with Crippen molar-refractivity contribution in [2.45, 2.75) is 23.3 Å². The molecule has 0 aliphatic heterocycles. The Balaban J connectivity index is 3.51. The Morgan fingerprint density at radius 1 is 1.24 bits per heavy atom. The summed E-state index contributed by atoms with van der Waals surface area (Å²) in [6, 6.07) is 0. The van der Waals surface area contributed by atoms with Gasteiger partial charge in [-0.3, -0.25) is 4.79 Å². The second-order valence-corrected chi connectivity index (χ2v) is 6.39. The van der Waals surface area contributed by atoms with Crippen LogP contribution in [-0.4, -0.2) is 66.1 Å². The molecule has 2 unspecified atom stereocenters. The Hall–Kier alpha value is -0.0900. The molecule has 0 radical (unpaired) electrons. The number of carbonyl (C=O) groups is 2. The highest BCUT2D eigenvalue weighted by atomic mass is 32.1. The van der Waals surface area contributed by atoms with Gasteiger partial charge in [0.15, 0.2) is 0 Å². The van der Waals surface area contributed by atoms with Crippen LogP contribution in [0.5, 0.6) is 0 Å². The smallest absolute Gasteiger partial charge is 0.329 e. The molecule has 0 aromatic rings. The molecule has 0 rings (SSSR count). The maximum absolute atomic E-state index is 11.5. The Kier molecular flexibility index (Phi) is 13.5. The highest BCUT2D eigenvalue weighted by Crippen LogP contribution is 2.13. The highest BCUT2D eigenvalue weighted by molar-refractivity contribution is 7.82. The number of aliphatic carboxylic acids is 1. The molecule has 1 amide bonds. The summed E-state index contributed by atoms with van der Waals surface area (Å²) in [6.45, 7) is 0.999. The van der Waals surface area contributed by atoms with E-state index in [1.54, 1.807) is 0 Å². The average Bonchev–Trinajstić information content (AvgIpc) is 2.40. The lowest BCUT2D eigenvalue weighted by Crippen LogP contribution is -2.38. The molecule has 0 heterocycles. The Bertz CT molecular complexity index is 308. The summed E-state index contributed by atoms with van der Waals surface area (Å²) >= 11 is 13.0. The quantitative estimate of drug-likeness (QED) is 0.208. The number of rotatable bonds is 13. The number of amides is 1. The van der Waals surface area contributed by atoms with Crippen LogP contribution < -0.4 is 10.6 Å². The first-order valence-corrected chi connectivity index (χ1v) is 8.36. The number of carboxylic acid groups (broad SMARTS) is 1. The summed E-state index contributed by atoms with van der Waals surface area (Å²) in [5.41, 5.74) is 0. The first-order valence-electron chi connectivity index (χ1n) is 6.69. The molecule has 0 aliphatic rings. The van der Waals surface area contributed by atoms with Crippen molar-refractivity contribution in [3.8, 4) is 0 Å². The van der Waals surface area contributed by atoms with E-state index in [4.69, 9.17) is 9.84 Å². The van der Waals surface area contributed by atoms with Gasteiger partial charge in [-0.1, -0.05) is 0 Å². The van der Waals surface area contributed by atoms with Gasteiger partial charge in [-0.05, 0) is 18.6 Å². The normalized spacial score (nSPS) is 13.7. The number of hydrogen-bond acceptors (Lipinski definition) is 7. The number of thiol groups is 3. The van der Waals surface area contributed by atoms with Crippen molar-refractivity contribution < 1.29 is 19.4 Å². The van der Waals surface area contributed by atoms with Gasteiger partial charge >= 0.3 is 5.97 Å². The van der Waals surface area contributed by atoms with Crippen LogP contribution >= 0.6 is 37.9 Å². The van der Waals surface area contributed by atoms with Gasteiger partial charge in [0.05, 0.1) is 13.2 Å². The van der Waals surface area contributed by atoms with E-state index in [9.17, 15) is 9.59 Å². The third-order valence-corrected chi connectivity index (χ3v) is 3.60. The molecule has 0 aromatic carbocycles. The number of hydrogen-bond donors (Lipinski definition) is 6. The number of carboxylic acids is 1. The largest absolute Gasteiger partial charge is 0.480 e. The van der Waals surface area contributed by atoms with E-state index in [0.717, 1.165) is 18.6 Å². The first-order chi connectivity index (χ1) is 9.95. The van der Waals surface area contributed by atoms with Crippen LogP contribution in [0.15, 0.2) is 0 Å². The zero-order valence-corrected chi connectivity index (χ0v) is 14.5. The molecule has 0 saturated heterocycles. The third-order valence-electron chi connectivity index (χ3n) is 2.48. The van der Waals surface area contributed by atoms with Crippen LogP contribution in [-0.2, 0) is 14.3 Å². The fourth-order valence-corrected chi connectivity index (χ4v) is 2.88. The lowest BCUT2D eigenvalue weighted by Gasteiger charge is -2.16. The van der Waals surface area contributed by atoms with E-state index in [1.165, 1.54) is 0 Å². The van der Waals surface area contributed by atoms with Crippen LogP contribution in [0.4, 0.5) is 0 Å². The molecule has 0 fully saturated rings. The standard InChI is InChI=1S/C12H24N2O4S3/c15-11(7-13-2-3-18-8-12(16)17)14-6-10(21)5-9(20)1-4-19/h9-10,13,19-21H,1-8H2,(H,14,15)(H,16,17). The van der Waals surface area contributed by atoms with E-state index >= 15 is 0 Å². The SMILES string of the molecule is O=C(O)COCCNCC(=O)NCC(S)CC(S)CCS. The predicted octanol–water partition coefficient (Wildman–Crippen LogP) is 0.100. The van der Waals surface area contributed by atoms with Crippen LogP contribution in [0.25, 0.3) is 0 Å². The summed E-state index contributed by atoms with van der Waals surface area (Å²) in [7, 11) is 0. The molecule has 0 bridgehead atoms. The molecule has 3 N–H and O–H groups in total. The summed E-state index contributed by atoms with van der Waals surface area (Å²) in [5, 5.41) is 14.3. The van der Waals surface area contributed by atoms with Gasteiger partial charge in [0.25, 0.3) is 0 Å². The molecular weight excluding hydrogens is 332 g/mol. The van der Waals surface area contributed by atoms with Crippen molar-refractivity contribution in [2.75, 3.05) is 38.6 Å². The van der Waals surface area contributed by atoms with Gasteiger partial charge in [0.1, 0.15) is 6.61 Å². The minimum Gasteiger partial charge on any atom is -0.480 e. The van der Waals surface area contributed by atoms with Gasteiger partial charge < -0.3 is 20.5 Å². The van der Waals surface area contributed by atoms with E-state index < -0.39 is 5.97 Å². The van der Waals surface area contributed by atoms with Crippen LogP contribution in [0.2, 0.25) is 0 Å². The third kappa shape index (κ3) is 14.6. The molecular formula is C12H24N2O4S3. The van der Waals surface area contributed by atoms with Crippen molar-refractivity contribution in [2.24, 2.45) is 0 Å². The van der Waals surface area contributed by atoms with Gasteiger partial charge in [0.2, 0.25) is 5.91 Å². The number of nitrogens with one attached hydrogen (secondary N) is 2. The molecule has 124 valence electrons. The van der Waals surface area contributed by atoms with E-state index in [-0.39, 0.29) is 36.2 Å². The second kappa shape index (κ2) is 13.6. The molecule has 9 heteroatoms. The maximum atomic E-state index is 11.5. The van der Waals surface area contributed by atoms with E-state index in [2.05, 4.69) is 48.5 Å². The van der Waals surface area contributed by atoms with E-state index in [0.29, 0.717) is 13.1 Å². The first kappa shape index (κ1) is 20.9. The fraction of sp³-hybridized carbons (Fsp3) is 0.833. The average molecular weight is 357 g/mol. The lowest BCUT2D eigenvalue weighted by molar-refractivity contribution is -0.142. The molecule has 0 saturated carbocycles. The van der Waals surface area contributed by atoms with Gasteiger partial charge in [-0.2, -0.15) is 37.9 Å². The number of ether oxygens (including phenoxy) is 1. The summed E-state index contributed by atoms with van der Waals surface area (Å²) in [4.78, 5) is 21.7. The monoisotopic (exact) mass is 356 g/mol. The second-order valence-electron chi connectivity index (χ2n) is 4.48. The van der Waals surface area contributed by atoms with Crippen molar-refractivity contribution >= 4 is 49.8 Å². The predicted molar refractivity (Wildman–Crippen MR) is 93.0 cm³/mol. The summed E-state index contributed by atoms with van der Waals surface area (Å²) in [5.74, 6) is -0.348. The fourth-order valence-electron chi connectivity index (χ4n) is 1.46. The van der Waals surface area contributed by atoms with Crippen molar-refractivity contribution in [3.05, 3.63) is 0 Å². The Labute approximate surface area is 142 Å². The van der Waals surface area contributed by atoms with E-state index in [1.807, 2.05) is 0 Å². The minimum absolute atomic E-state index is 0.0650. The summed E-state index contributed by atoms with van der Waals surface area (Å²) < 4.78 is 4.82. The Morgan fingerprint density at radius 2 is 1.95 bits per heavy atom. The topological polar surface area (TPSA) is 87.7 Å². The molecule has 0 aromatic heterocycles. The zero-order chi connectivity index (χ0) is 16.1. The van der Waals surface area contributed by atoms with Crippen LogP contribution in [0.3, 0.4) is 0 Å². The Morgan fingerprint density at radius 3 is 2.57 bits per heavy atom. The molecule has 6 nitrogen and oxygen atoms in total. The van der Waals surface area contributed by atoms with Crippen molar-refractivity contribution in [1.29, 1.82) is 0 Å². The van der Waals surface area contributed by atoms with Crippen molar-refractivity contribution in [3.63, 3.8) is 0 Å². The minimum atomic E-state index is -1.01. The van der Waals surface area contributed by atoms with Gasteiger partial charge in [0, 0.05) is 23.6 Å². The van der Waals surface area contributed by atoms with Crippen LogP contribution in [0.1, 0.15) is 12.8 Å². The molecule has 0 spiro atoms. The highest BCUT2D eigenvalue weighted by Gasteiger charge is 2.11. The molecule has 21 heavy (non-hydrogen) atoms. The van der Waals surface area contributed by atoms with Crippen LogP contribution in [0, 0.1) is 0 Å². The van der Waals surface area contributed by atoms with Crippen molar-refractivity contribution in [1.82, 2.24) is 10.6 Å². The lowest BCUT2D eigenvalue weighted by atomic mass is 10.2. The zero-order valence-electron chi connectivity index (χ0n) is 11.8. The molecule has 2 atom stereocenters. The maximum Gasteiger partial charge on any atom is 0.329 e.